The molecule has 3 aromatic carbocycles. The maximum Gasteiger partial charge on any atom is 0.379 e. The second-order valence-corrected chi connectivity index (χ2v) is 8.01. The fourth-order valence-corrected chi connectivity index (χ4v) is 4.33. The van der Waals surface area contributed by atoms with Crippen molar-refractivity contribution in [2.75, 3.05) is 7.11 Å². The molecular formula is C27H23NO3. The number of fused-ring (bicyclic) bond motifs is 1. The summed E-state index contributed by atoms with van der Waals surface area (Å²) in [6.45, 7) is 0.705. The minimum absolute atomic E-state index is 0.404. The average molecular weight is 409 g/mol. The van der Waals surface area contributed by atoms with Gasteiger partial charge in [-0.2, -0.15) is 0 Å². The van der Waals surface area contributed by atoms with E-state index in [2.05, 4.69) is 63.9 Å². The highest BCUT2D eigenvalue weighted by Crippen LogP contribution is 2.43. The minimum Gasteiger partial charge on any atom is -0.463 e. The van der Waals surface area contributed by atoms with Gasteiger partial charge in [-0.25, -0.2) is 4.79 Å². The molecule has 4 aromatic rings. The standard InChI is InChI=1S/C27H23NO3/c1-31-27(30)26(29)22-12-7-13-24-23(22)16-25(19-14-15-19)28(24)17-20-10-5-6-11-21(20)18-8-3-2-4-9-18/h2-13,16,19H,14-15,17H2,1H3. The quantitative estimate of drug-likeness (QED) is 0.237. The van der Waals surface area contributed by atoms with Crippen LogP contribution in [-0.4, -0.2) is 23.4 Å². The summed E-state index contributed by atoms with van der Waals surface area (Å²) in [5.41, 5.74) is 6.21. The fraction of sp³-hybridized carbons (Fsp3) is 0.185. The van der Waals surface area contributed by atoms with Crippen LogP contribution in [0.5, 0.6) is 0 Å². The highest BCUT2D eigenvalue weighted by molar-refractivity contribution is 6.42. The molecule has 1 aliphatic carbocycles. The van der Waals surface area contributed by atoms with Crippen LogP contribution in [-0.2, 0) is 16.1 Å². The average Bonchev–Trinajstić information content (AvgIpc) is 3.60. The summed E-state index contributed by atoms with van der Waals surface area (Å²) in [6.07, 6.45) is 2.30. The molecule has 1 fully saturated rings. The van der Waals surface area contributed by atoms with E-state index in [4.69, 9.17) is 0 Å². The molecule has 0 spiro atoms. The molecule has 1 aromatic heterocycles. The van der Waals surface area contributed by atoms with Gasteiger partial charge < -0.3 is 9.30 Å². The van der Waals surface area contributed by atoms with E-state index >= 15 is 0 Å². The third kappa shape index (κ3) is 3.55. The lowest BCUT2D eigenvalue weighted by Crippen LogP contribution is -2.15. The number of ketones is 1. The van der Waals surface area contributed by atoms with Crippen LogP contribution in [0.3, 0.4) is 0 Å². The van der Waals surface area contributed by atoms with Gasteiger partial charge in [-0.1, -0.05) is 66.7 Å². The van der Waals surface area contributed by atoms with Gasteiger partial charge in [0.05, 0.1) is 7.11 Å². The van der Waals surface area contributed by atoms with Gasteiger partial charge >= 0.3 is 5.97 Å². The number of hydrogen-bond donors (Lipinski definition) is 0. The molecule has 1 saturated carbocycles. The van der Waals surface area contributed by atoms with Crippen LogP contribution in [0, 0.1) is 0 Å². The van der Waals surface area contributed by atoms with E-state index in [0.29, 0.717) is 18.0 Å². The molecule has 0 bridgehead atoms. The Morgan fingerprint density at radius 1 is 0.935 bits per heavy atom. The normalized spacial score (nSPS) is 13.3. The number of benzene rings is 3. The molecule has 0 saturated heterocycles. The monoisotopic (exact) mass is 409 g/mol. The number of methoxy groups -OCH3 is 1. The van der Waals surface area contributed by atoms with Crippen LogP contribution in [0.25, 0.3) is 22.0 Å². The third-order valence-corrected chi connectivity index (χ3v) is 6.02. The molecule has 0 aliphatic heterocycles. The first-order chi connectivity index (χ1) is 15.2. The van der Waals surface area contributed by atoms with Gasteiger partial charge in [-0.05, 0) is 47.6 Å². The van der Waals surface area contributed by atoms with E-state index in [9.17, 15) is 9.59 Å². The van der Waals surface area contributed by atoms with Gasteiger partial charge in [0.25, 0.3) is 5.78 Å². The molecule has 0 atom stereocenters. The summed E-state index contributed by atoms with van der Waals surface area (Å²) in [5, 5.41) is 0.817. The Balaban J connectivity index is 1.64. The number of Topliss-reactive ketones (excluding diaryl/α,β-unsaturated/α-hetero) is 1. The molecule has 5 rings (SSSR count). The Bertz CT molecular complexity index is 1280. The molecule has 0 radical (unpaired) electrons. The Morgan fingerprint density at radius 2 is 1.68 bits per heavy atom. The Labute approximate surface area is 181 Å². The van der Waals surface area contributed by atoms with Gasteiger partial charge in [0.1, 0.15) is 0 Å². The Morgan fingerprint density at radius 3 is 2.42 bits per heavy atom. The van der Waals surface area contributed by atoms with Crippen LogP contribution < -0.4 is 0 Å². The van der Waals surface area contributed by atoms with Crippen molar-refractivity contribution in [3.63, 3.8) is 0 Å². The van der Waals surface area contributed by atoms with Crippen LogP contribution in [0.15, 0.2) is 78.9 Å². The lowest BCUT2D eigenvalue weighted by Gasteiger charge is -2.15. The maximum atomic E-state index is 12.6. The maximum absolute atomic E-state index is 12.6. The zero-order chi connectivity index (χ0) is 21.4. The number of ether oxygens (including phenoxy) is 1. The molecular weight excluding hydrogens is 386 g/mol. The minimum atomic E-state index is -0.831. The summed E-state index contributed by atoms with van der Waals surface area (Å²) in [7, 11) is 1.24. The predicted molar refractivity (Wildman–Crippen MR) is 121 cm³/mol. The van der Waals surface area contributed by atoms with E-state index in [1.807, 2.05) is 18.2 Å². The van der Waals surface area contributed by atoms with Crippen LogP contribution in [0.4, 0.5) is 0 Å². The topological polar surface area (TPSA) is 48.3 Å². The number of rotatable bonds is 6. The van der Waals surface area contributed by atoms with E-state index in [1.165, 1.54) is 29.5 Å². The van der Waals surface area contributed by atoms with Crippen LogP contribution in [0.2, 0.25) is 0 Å². The van der Waals surface area contributed by atoms with Gasteiger partial charge in [0, 0.05) is 28.7 Å². The Kier molecular flexibility index (Phi) is 4.91. The van der Waals surface area contributed by atoms with Crippen molar-refractivity contribution >= 4 is 22.7 Å². The summed E-state index contributed by atoms with van der Waals surface area (Å²) < 4.78 is 6.99. The van der Waals surface area contributed by atoms with Crippen molar-refractivity contribution < 1.29 is 14.3 Å². The van der Waals surface area contributed by atoms with E-state index in [1.54, 1.807) is 6.07 Å². The van der Waals surface area contributed by atoms with Crippen molar-refractivity contribution in [1.82, 2.24) is 4.57 Å². The molecule has 0 amide bonds. The molecule has 1 aliphatic rings. The van der Waals surface area contributed by atoms with Crippen LogP contribution >= 0.6 is 0 Å². The molecule has 0 N–H and O–H groups in total. The molecule has 154 valence electrons. The number of esters is 1. The molecule has 0 unspecified atom stereocenters. The van der Waals surface area contributed by atoms with Crippen LogP contribution in [0.1, 0.15) is 40.4 Å². The molecule has 1 heterocycles. The second-order valence-electron chi connectivity index (χ2n) is 8.01. The highest BCUT2D eigenvalue weighted by Gasteiger charge is 2.30. The fourth-order valence-electron chi connectivity index (χ4n) is 4.33. The number of aromatic nitrogens is 1. The van der Waals surface area contributed by atoms with E-state index in [-0.39, 0.29) is 0 Å². The second kappa shape index (κ2) is 7.88. The van der Waals surface area contributed by atoms with Crippen molar-refractivity contribution in [3.8, 4) is 11.1 Å². The first-order valence-corrected chi connectivity index (χ1v) is 10.6. The number of carbonyl (C=O) groups excluding carboxylic acids is 2. The van der Waals surface area contributed by atoms with E-state index < -0.39 is 11.8 Å². The molecule has 31 heavy (non-hydrogen) atoms. The van der Waals surface area contributed by atoms with Crippen molar-refractivity contribution in [2.24, 2.45) is 0 Å². The summed E-state index contributed by atoms with van der Waals surface area (Å²) in [6, 6.07) is 26.5. The van der Waals surface area contributed by atoms with Gasteiger partial charge in [0.2, 0.25) is 0 Å². The van der Waals surface area contributed by atoms with Gasteiger partial charge in [-0.15, -0.1) is 0 Å². The first-order valence-electron chi connectivity index (χ1n) is 10.6. The first kappa shape index (κ1) is 19.3. The summed E-state index contributed by atoms with van der Waals surface area (Å²) in [5.74, 6) is -0.933. The van der Waals surface area contributed by atoms with Gasteiger partial charge in [-0.3, -0.25) is 4.79 Å². The van der Waals surface area contributed by atoms with Crippen molar-refractivity contribution in [3.05, 3.63) is 95.7 Å². The van der Waals surface area contributed by atoms with Crippen molar-refractivity contribution in [2.45, 2.75) is 25.3 Å². The zero-order valence-corrected chi connectivity index (χ0v) is 17.4. The number of nitrogens with zero attached hydrogens (tertiary/aromatic N) is 1. The third-order valence-electron chi connectivity index (χ3n) is 6.02. The smallest absolute Gasteiger partial charge is 0.379 e. The SMILES string of the molecule is COC(=O)C(=O)c1cccc2c1cc(C1CC1)n2Cc1ccccc1-c1ccccc1. The number of carbonyl (C=O) groups is 2. The summed E-state index contributed by atoms with van der Waals surface area (Å²) in [4.78, 5) is 24.5. The molecule has 4 heteroatoms. The Hall–Kier alpha value is -3.66. The van der Waals surface area contributed by atoms with Gasteiger partial charge in [0.15, 0.2) is 0 Å². The molecule has 4 nitrogen and oxygen atoms in total. The lowest BCUT2D eigenvalue weighted by molar-refractivity contribution is -0.135. The summed E-state index contributed by atoms with van der Waals surface area (Å²) >= 11 is 0. The highest BCUT2D eigenvalue weighted by atomic mass is 16.5. The lowest BCUT2D eigenvalue weighted by atomic mass is 9.99. The largest absolute Gasteiger partial charge is 0.463 e. The zero-order valence-electron chi connectivity index (χ0n) is 17.4. The van der Waals surface area contributed by atoms with E-state index in [0.717, 1.165) is 23.7 Å². The van der Waals surface area contributed by atoms with Crippen molar-refractivity contribution in [1.29, 1.82) is 0 Å². The predicted octanol–water partition coefficient (Wildman–Crippen LogP) is 5.59. The number of hydrogen-bond acceptors (Lipinski definition) is 3.